The lowest BCUT2D eigenvalue weighted by Crippen LogP contribution is -2.50. The molecule has 3 aromatic rings. The molecule has 2 heterocycles. The number of aryl methyl sites for hydroxylation is 3. The van der Waals surface area contributed by atoms with Crippen molar-refractivity contribution in [2.24, 2.45) is 0 Å². The Labute approximate surface area is 199 Å². The molecule has 1 saturated heterocycles. The van der Waals surface area contributed by atoms with E-state index >= 15 is 0 Å². The molecule has 1 aliphatic rings. The van der Waals surface area contributed by atoms with Gasteiger partial charge in [-0.3, -0.25) is 14.5 Å². The summed E-state index contributed by atoms with van der Waals surface area (Å²) in [6.45, 7) is 10.2. The van der Waals surface area contributed by atoms with E-state index in [-0.39, 0.29) is 24.2 Å². The molecular weight excluding hydrogens is 433 g/mol. The van der Waals surface area contributed by atoms with Crippen LogP contribution in [0.1, 0.15) is 32.9 Å². The van der Waals surface area contributed by atoms with Crippen LogP contribution in [0, 0.1) is 33.5 Å². The van der Waals surface area contributed by atoms with E-state index in [0.29, 0.717) is 43.1 Å². The number of carbonyl (C=O) groups is 2. The number of piperazine rings is 1. The molecule has 0 aliphatic carbocycles. The summed E-state index contributed by atoms with van der Waals surface area (Å²) in [5.41, 5.74) is 5.59. The van der Waals surface area contributed by atoms with E-state index in [2.05, 4.69) is 15.3 Å². The van der Waals surface area contributed by atoms with E-state index in [0.717, 1.165) is 22.5 Å². The van der Waals surface area contributed by atoms with Gasteiger partial charge in [-0.25, -0.2) is 9.07 Å². The van der Waals surface area contributed by atoms with Gasteiger partial charge in [0.1, 0.15) is 5.82 Å². The molecule has 1 N–H and O–H groups in total. The maximum Gasteiger partial charge on any atom is 0.257 e. The highest BCUT2D eigenvalue weighted by Gasteiger charge is 2.28. The molecule has 2 amide bonds. The summed E-state index contributed by atoms with van der Waals surface area (Å²) in [4.78, 5) is 29.8. The topological polar surface area (TPSA) is 70.5 Å². The molecule has 0 saturated carbocycles. The van der Waals surface area contributed by atoms with Gasteiger partial charge in [-0.05, 0) is 63.1 Å². The predicted octanol–water partition coefficient (Wildman–Crippen LogP) is 3.64. The number of hydrogen-bond donors (Lipinski definition) is 1. The first-order valence-corrected chi connectivity index (χ1v) is 11.4. The fourth-order valence-electron chi connectivity index (χ4n) is 4.45. The van der Waals surface area contributed by atoms with Gasteiger partial charge in [0, 0.05) is 31.9 Å². The van der Waals surface area contributed by atoms with Crippen molar-refractivity contribution in [3.05, 3.63) is 76.4 Å². The molecule has 1 aromatic heterocycles. The largest absolute Gasteiger partial charge is 0.336 e. The Balaban J connectivity index is 1.37. The van der Waals surface area contributed by atoms with Gasteiger partial charge in [-0.15, -0.1) is 0 Å². The third kappa shape index (κ3) is 4.87. The third-order valence-corrected chi connectivity index (χ3v) is 6.35. The summed E-state index contributed by atoms with van der Waals surface area (Å²) in [6, 6.07) is 12.0. The van der Waals surface area contributed by atoms with Crippen LogP contribution in [0.4, 0.5) is 10.1 Å². The van der Waals surface area contributed by atoms with Gasteiger partial charge in [0.2, 0.25) is 5.91 Å². The number of nitrogens with zero attached hydrogens (tertiary/aromatic N) is 4. The maximum atomic E-state index is 13.3. The molecular formula is C26H30FN5O2. The summed E-state index contributed by atoms with van der Waals surface area (Å²) in [5.74, 6) is -0.436. The standard InChI is InChI=1S/C26H30FN5O2/c1-17-6-5-7-18(2)25(17)28-23(33)16-30-12-14-31(15-13-30)26(34)24-19(3)29-32(20(24)4)22-10-8-21(27)9-11-22/h5-11H,12-16H2,1-4H3,(H,28,33). The van der Waals surface area contributed by atoms with Gasteiger partial charge in [-0.1, -0.05) is 18.2 Å². The van der Waals surface area contributed by atoms with Crippen LogP contribution in [-0.2, 0) is 4.79 Å². The van der Waals surface area contributed by atoms with E-state index in [4.69, 9.17) is 0 Å². The van der Waals surface area contributed by atoms with Crippen LogP contribution in [0.25, 0.3) is 5.69 Å². The van der Waals surface area contributed by atoms with Gasteiger partial charge < -0.3 is 10.2 Å². The number of halogens is 1. The van der Waals surface area contributed by atoms with E-state index in [1.165, 1.54) is 12.1 Å². The van der Waals surface area contributed by atoms with Crippen molar-refractivity contribution in [2.75, 3.05) is 38.0 Å². The SMILES string of the molecule is Cc1cccc(C)c1NC(=O)CN1CCN(C(=O)c2c(C)nn(-c3ccc(F)cc3)c2C)CC1. The molecule has 1 fully saturated rings. The molecule has 8 heteroatoms. The van der Waals surface area contributed by atoms with Crippen molar-refractivity contribution >= 4 is 17.5 Å². The van der Waals surface area contributed by atoms with Gasteiger partial charge in [-0.2, -0.15) is 5.10 Å². The summed E-state index contributed by atoms with van der Waals surface area (Å²) >= 11 is 0. The van der Waals surface area contributed by atoms with Gasteiger partial charge in [0.05, 0.1) is 29.2 Å². The summed E-state index contributed by atoms with van der Waals surface area (Å²) < 4.78 is 15.0. The number of nitrogens with one attached hydrogen (secondary N) is 1. The highest BCUT2D eigenvalue weighted by atomic mass is 19.1. The summed E-state index contributed by atoms with van der Waals surface area (Å²) in [7, 11) is 0. The van der Waals surface area contributed by atoms with Crippen molar-refractivity contribution in [1.29, 1.82) is 0 Å². The van der Waals surface area contributed by atoms with Gasteiger partial charge in [0.15, 0.2) is 0 Å². The molecule has 7 nitrogen and oxygen atoms in total. The first-order valence-electron chi connectivity index (χ1n) is 11.4. The first-order chi connectivity index (χ1) is 16.2. The minimum Gasteiger partial charge on any atom is -0.336 e. The van der Waals surface area contributed by atoms with Crippen LogP contribution in [-0.4, -0.2) is 64.1 Å². The van der Waals surface area contributed by atoms with E-state index in [1.54, 1.807) is 16.8 Å². The molecule has 178 valence electrons. The van der Waals surface area contributed by atoms with Crippen LogP contribution in [0.5, 0.6) is 0 Å². The highest BCUT2D eigenvalue weighted by Crippen LogP contribution is 2.22. The average Bonchev–Trinajstić information content (AvgIpc) is 3.10. The Hall–Kier alpha value is -3.52. The highest BCUT2D eigenvalue weighted by molar-refractivity contribution is 5.97. The Bertz CT molecular complexity index is 1190. The third-order valence-electron chi connectivity index (χ3n) is 6.35. The zero-order chi connectivity index (χ0) is 24.4. The Morgan fingerprint density at radius 1 is 0.941 bits per heavy atom. The first kappa shape index (κ1) is 23.6. The minimum absolute atomic E-state index is 0.0514. The number of rotatable bonds is 5. The van der Waals surface area contributed by atoms with Crippen molar-refractivity contribution in [3.63, 3.8) is 0 Å². The molecule has 0 bridgehead atoms. The molecule has 2 aromatic carbocycles. The molecule has 0 spiro atoms. The number of para-hydroxylation sites is 1. The Kier molecular flexibility index (Phi) is 6.79. The molecule has 1 aliphatic heterocycles. The van der Waals surface area contributed by atoms with Gasteiger partial charge >= 0.3 is 0 Å². The number of benzene rings is 2. The van der Waals surface area contributed by atoms with Crippen LogP contribution in [0.15, 0.2) is 42.5 Å². The van der Waals surface area contributed by atoms with E-state index in [1.807, 2.05) is 50.8 Å². The number of hydrogen-bond acceptors (Lipinski definition) is 4. The minimum atomic E-state index is -0.317. The number of amides is 2. The summed E-state index contributed by atoms with van der Waals surface area (Å²) in [5, 5.41) is 7.54. The summed E-state index contributed by atoms with van der Waals surface area (Å²) in [6.07, 6.45) is 0. The van der Waals surface area contributed by atoms with Crippen molar-refractivity contribution in [1.82, 2.24) is 19.6 Å². The van der Waals surface area contributed by atoms with Gasteiger partial charge in [0.25, 0.3) is 5.91 Å². The lowest BCUT2D eigenvalue weighted by molar-refractivity contribution is -0.117. The van der Waals surface area contributed by atoms with Crippen molar-refractivity contribution < 1.29 is 14.0 Å². The van der Waals surface area contributed by atoms with Crippen LogP contribution in [0.3, 0.4) is 0 Å². The zero-order valence-corrected chi connectivity index (χ0v) is 20.1. The van der Waals surface area contributed by atoms with Crippen LogP contribution in [0.2, 0.25) is 0 Å². The van der Waals surface area contributed by atoms with E-state index in [9.17, 15) is 14.0 Å². The number of anilines is 1. The lowest BCUT2D eigenvalue weighted by Gasteiger charge is -2.34. The quantitative estimate of drug-likeness (QED) is 0.627. The fourth-order valence-corrected chi connectivity index (χ4v) is 4.45. The fraction of sp³-hybridized carbons (Fsp3) is 0.346. The monoisotopic (exact) mass is 463 g/mol. The molecule has 0 atom stereocenters. The van der Waals surface area contributed by atoms with Crippen molar-refractivity contribution in [3.8, 4) is 5.69 Å². The lowest BCUT2D eigenvalue weighted by atomic mass is 10.1. The molecule has 0 radical (unpaired) electrons. The average molecular weight is 464 g/mol. The second kappa shape index (κ2) is 9.77. The Morgan fingerprint density at radius 2 is 1.56 bits per heavy atom. The van der Waals surface area contributed by atoms with Crippen LogP contribution < -0.4 is 5.32 Å². The number of aromatic nitrogens is 2. The second-order valence-electron chi connectivity index (χ2n) is 8.82. The van der Waals surface area contributed by atoms with Crippen molar-refractivity contribution in [2.45, 2.75) is 27.7 Å². The Morgan fingerprint density at radius 3 is 2.18 bits per heavy atom. The number of carbonyl (C=O) groups excluding carboxylic acids is 2. The normalized spacial score (nSPS) is 14.3. The zero-order valence-electron chi connectivity index (χ0n) is 20.1. The molecule has 4 rings (SSSR count). The maximum absolute atomic E-state index is 13.3. The smallest absolute Gasteiger partial charge is 0.257 e. The molecule has 34 heavy (non-hydrogen) atoms. The molecule has 0 unspecified atom stereocenters. The second-order valence-corrected chi connectivity index (χ2v) is 8.82. The van der Waals surface area contributed by atoms with E-state index < -0.39 is 0 Å². The van der Waals surface area contributed by atoms with Crippen LogP contribution >= 0.6 is 0 Å². The predicted molar refractivity (Wildman–Crippen MR) is 130 cm³/mol.